The van der Waals surface area contributed by atoms with Crippen LogP contribution < -0.4 is 15.5 Å². The van der Waals surface area contributed by atoms with Crippen LogP contribution in [0.1, 0.15) is 38.2 Å². The van der Waals surface area contributed by atoms with E-state index < -0.39 is 41.6 Å². The van der Waals surface area contributed by atoms with Gasteiger partial charge in [0.2, 0.25) is 11.8 Å². The number of piperazine rings is 1. The summed E-state index contributed by atoms with van der Waals surface area (Å²) >= 11 is 0. The zero-order valence-corrected chi connectivity index (χ0v) is 19.7. The van der Waals surface area contributed by atoms with Crippen LogP contribution in [0, 0.1) is 24.4 Å². The number of aromatic nitrogens is 2. The Morgan fingerprint density at radius 2 is 1.71 bits per heavy atom. The Morgan fingerprint density at radius 3 is 2.35 bits per heavy atom. The molecule has 34 heavy (non-hydrogen) atoms. The molecule has 1 aliphatic rings. The van der Waals surface area contributed by atoms with E-state index in [0.29, 0.717) is 32.2 Å². The lowest BCUT2D eigenvalue weighted by atomic mass is 10.2. The molecule has 0 saturated carbocycles. The fourth-order valence-corrected chi connectivity index (χ4v) is 3.63. The molecule has 0 spiro atoms. The predicted octanol–water partition coefficient (Wildman–Crippen LogP) is 2.59. The molecule has 1 aromatic heterocycles. The first-order valence-electron chi connectivity index (χ1n) is 11.1. The Labute approximate surface area is 196 Å². The number of carbonyl (C=O) groups is 2. The van der Waals surface area contributed by atoms with Crippen molar-refractivity contribution in [1.82, 2.24) is 20.2 Å². The van der Waals surface area contributed by atoms with Crippen molar-refractivity contribution in [3.05, 3.63) is 47.2 Å². The van der Waals surface area contributed by atoms with Gasteiger partial charge in [0.25, 0.3) is 0 Å². The number of benzene rings is 1. The first kappa shape index (κ1) is 25.4. The summed E-state index contributed by atoms with van der Waals surface area (Å²) in [5.74, 6) is -3.75. The number of halogens is 3. The summed E-state index contributed by atoms with van der Waals surface area (Å²) in [7, 11) is 0. The Kier molecular flexibility index (Phi) is 8.08. The molecule has 184 valence electrons. The van der Waals surface area contributed by atoms with Gasteiger partial charge in [-0.05, 0) is 26.0 Å². The topological polar surface area (TPSA) is 90.5 Å². The quantitative estimate of drug-likeness (QED) is 0.595. The molecule has 1 fully saturated rings. The van der Waals surface area contributed by atoms with Crippen LogP contribution >= 0.6 is 0 Å². The lowest BCUT2D eigenvalue weighted by molar-refractivity contribution is -0.128. The van der Waals surface area contributed by atoms with Gasteiger partial charge in [0, 0.05) is 43.9 Å². The van der Waals surface area contributed by atoms with E-state index in [-0.39, 0.29) is 11.8 Å². The van der Waals surface area contributed by atoms with Crippen molar-refractivity contribution in [1.29, 1.82) is 0 Å². The summed E-state index contributed by atoms with van der Waals surface area (Å²) in [5.41, 5.74) is 0.410. The second-order valence-corrected chi connectivity index (χ2v) is 8.57. The van der Waals surface area contributed by atoms with Crippen molar-refractivity contribution < 1.29 is 22.8 Å². The summed E-state index contributed by atoms with van der Waals surface area (Å²) in [5, 5.41) is 4.62. The van der Waals surface area contributed by atoms with Gasteiger partial charge in [-0.15, -0.1) is 0 Å². The molecule has 0 radical (unpaired) electrons. The zero-order chi connectivity index (χ0) is 25.0. The molecule has 2 amide bonds. The molecule has 8 nitrogen and oxygen atoms in total. The molecule has 1 aromatic carbocycles. The van der Waals surface area contributed by atoms with Gasteiger partial charge in [0.15, 0.2) is 17.5 Å². The van der Waals surface area contributed by atoms with E-state index in [1.54, 1.807) is 6.92 Å². The van der Waals surface area contributed by atoms with Crippen molar-refractivity contribution in [2.75, 3.05) is 42.9 Å². The van der Waals surface area contributed by atoms with Gasteiger partial charge in [0.05, 0.1) is 18.3 Å². The van der Waals surface area contributed by atoms with E-state index in [2.05, 4.69) is 25.5 Å². The van der Waals surface area contributed by atoms with Crippen LogP contribution in [0.25, 0.3) is 0 Å². The lowest BCUT2D eigenvalue weighted by Gasteiger charge is -2.38. The van der Waals surface area contributed by atoms with Crippen molar-refractivity contribution in [2.24, 2.45) is 0 Å². The third-order valence-electron chi connectivity index (χ3n) is 5.67. The third-order valence-corrected chi connectivity index (χ3v) is 5.67. The minimum absolute atomic E-state index is 0.222. The van der Waals surface area contributed by atoms with E-state index in [4.69, 9.17) is 0 Å². The summed E-state index contributed by atoms with van der Waals surface area (Å²) in [4.78, 5) is 37.9. The number of aryl methyl sites for hydroxylation is 1. The molecule has 1 atom stereocenters. The summed E-state index contributed by atoms with van der Waals surface area (Å²) in [6, 6.07) is 3.08. The largest absolute Gasteiger partial charge is 0.354 e. The Bertz CT molecular complexity index is 1060. The number of carbonyl (C=O) groups excluding carboxylic acids is 2. The van der Waals surface area contributed by atoms with E-state index >= 15 is 0 Å². The monoisotopic (exact) mass is 478 g/mol. The van der Waals surface area contributed by atoms with Crippen molar-refractivity contribution in [2.45, 2.75) is 39.7 Å². The molecule has 3 rings (SSSR count). The predicted molar refractivity (Wildman–Crippen MR) is 122 cm³/mol. The smallest absolute Gasteiger partial charge is 0.243 e. The van der Waals surface area contributed by atoms with Gasteiger partial charge in [-0.1, -0.05) is 13.8 Å². The minimum Gasteiger partial charge on any atom is -0.354 e. The fraction of sp³-hybridized carbons (Fsp3) is 0.478. The highest BCUT2D eigenvalue weighted by atomic mass is 19.2. The van der Waals surface area contributed by atoms with E-state index in [1.165, 1.54) is 0 Å². The maximum atomic E-state index is 13.7. The Hall–Kier alpha value is -3.21. The van der Waals surface area contributed by atoms with Crippen LogP contribution in [-0.4, -0.2) is 65.4 Å². The van der Waals surface area contributed by atoms with E-state index in [9.17, 15) is 22.8 Å². The number of hydrogen-bond donors (Lipinski definition) is 2. The molecule has 2 aromatic rings. The van der Waals surface area contributed by atoms with Crippen LogP contribution in [0.2, 0.25) is 0 Å². The van der Waals surface area contributed by atoms with Crippen LogP contribution in [0.5, 0.6) is 0 Å². The maximum absolute atomic E-state index is 13.7. The van der Waals surface area contributed by atoms with Gasteiger partial charge < -0.3 is 15.5 Å². The van der Waals surface area contributed by atoms with Gasteiger partial charge in [-0.25, -0.2) is 23.1 Å². The van der Waals surface area contributed by atoms with Crippen LogP contribution in [-0.2, 0) is 9.59 Å². The number of rotatable bonds is 7. The molecule has 2 heterocycles. The number of amides is 2. The molecule has 11 heteroatoms. The molecule has 1 aliphatic heterocycles. The second-order valence-electron chi connectivity index (χ2n) is 8.57. The lowest BCUT2D eigenvalue weighted by Crippen LogP contribution is -2.54. The standard InChI is InChI=1S/C23H29F3N6O2/c1-13(2)22-28-14(3)11-18(30-22)32-9-7-31(8-10-32)15(4)23(34)27-12-19(33)29-17-6-5-16(24)20(25)21(17)26/h5-6,11,13,15H,7-10,12H2,1-4H3,(H,27,34)(H,29,33)/t15-/m0/s1. The third kappa shape index (κ3) is 6.02. The van der Waals surface area contributed by atoms with Gasteiger partial charge in [-0.3, -0.25) is 14.5 Å². The number of nitrogens with zero attached hydrogens (tertiary/aromatic N) is 4. The molecule has 2 N–H and O–H groups in total. The van der Waals surface area contributed by atoms with Crippen LogP contribution in [0.3, 0.4) is 0 Å². The van der Waals surface area contributed by atoms with Gasteiger partial charge in [0.1, 0.15) is 11.6 Å². The number of anilines is 2. The molecule has 1 saturated heterocycles. The Morgan fingerprint density at radius 1 is 1.03 bits per heavy atom. The highest BCUT2D eigenvalue weighted by Crippen LogP contribution is 2.20. The van der Waals surface area contributed by atoms with Crippen LogP contribution in [0.4, 0.5) is 24.7 Å². The highest BCUT2D eigenvalue weighted by Gasteiger charge is 2.27. The van der Waals surface area contributed by atoms with E-state index in [0.717, 1.165) is 23.4 Å². The van der Waals surface area contributed by atoms with Crippen molar-refractivity contribution in [3.8, 4) is 0 Å². The molecule has 0 unspecified atom stereocenters. The van der Waals surface area contributed by atoms with Gasteiger partial charge >= 0.3 is 0 Å². The summed E-state index contributed by atoms with van der Waals surface area (Å²) < 4.78 is 40.0. The van der Waals surface area contributed by atoms with Crippen LogP contribution in [0.15, 0.2) is 18.2 Å². The average molecular weight is 479 g/mol. The van der Waals surface area contributed by atoms with Crippen molar-refractivity contribution >= 4 is 23.3 Å². The van der Waals surface area contributed by atoms with E-state index in [1.807, 2.05) is 31.7 Å². The normalized spacial score (nSPS) is 15.4. The molecular formula is C23H29F3N6O2. The number of hydrogen-bond acceptors (Lipinski definition) is 6. The zero-order valence-electron chi connectivity index (χ0n) is 19.7. The fourth-order valence-electron chi connectivity index (χ4n) is 3.63. The molecule has 0 bridgehead atoms. The average Bonchev–Trinajstić information content (AvgIpc) is 2.82. The Balaban J connectivity index is 1.49. The minimum atomic E-state index is -1.67. The number of nitrogens with one attached hydrogen (secondary N) is 2. The first-order valence-corrected chi connectivity index (χ1v) is 11.1. The molecular weight excluding hydrogens is 449 g/mol. The SMILES string of the molecule is Cc1cc(N2CCN([C@@H](C)C(=O)NCC(=O)Nc3ccc(F)c(F)c3F)CC2)nc(C(C)C)n1. The maximum Gasteiger partial charge on any atom is 0.243 e. The summed E-state index contributed by atoms with van der Waals surface area (Å²) in [6.07, 6.45) is 0. The highest BCUT2D eigenvalue weighted by molar-refractivity contribution is 5.95. The van der Waals surface area contributed by atoms with Crippen molar-refractivity contribution in [3.63, 3.8) is 0 Å². The summed E-state index contributed by atoms with van der Waals surface area (Å²) in [6.45, 7) is 9.96. The molecule has 0 aliphatic carbocycles. The van der Waals surface area contributed by atoms with Gasteiger partial charge in [-0.2, -0.15) is 0 Å². The first-order chi connectivity index (χ1) is 16.1. The second kappa shape index (κ2) is 10.8.